The molecule has 1 rings (SSSR count). The van der Waals surface area contributed by atoms with E-state index in [1.54, 1.807) is 6.92 Å². The predicted molar refractivity (Wildman–Crippen MR) is 55.7 cm³/mol. The summed E-state index contributed by atoms with van der Waals surface area (Å²) in [5.41, 5.74) is 0.688. The summed E-state index contributed by atoms with van der Waals surface area (Å²) in [6, 6.07) is -0.361. The SMILES string of the molecule is C=C(C)NC1COC(OC)(C(=O)O)CC1O. The van der Waals surface area contributed by atoms with E-state index in [1.807, 2.05) is 0 Å². The Morgan fingerprint density at radius 3 is 2.69 bits per heavy atom. The van der Waals surface area contributed by atoms with Crippen molar-refractivity contribution in [1.82, 2.24) is 5.32 Å². The fourth-order valence-electron chi connectivity index (χ4n) is 1.64. The quantitative estimate of drug-likeness (QED) is 0.615. The van der Waals surface area contributed by atoms with Gasteiger partial charge in [-0.25, -0.2) is 4.79 Å². The predicted octanol–water partition coefficient (Wildman–Crippen LogP) is -0.313. The van der Waals surface area contributed by atoms with Crippen LogP contribution in [-0.2, 0) is 14.3 Å². The van der Waals surface area contributed by atoms with Gasteiger partial charge in [0.15, 0.2) is 0 Å². The molecule has 6 nitrogen and oxygen atoms in total. The highest BCUT2D eigenvalue weighted by Gasteiger charge is 2.48. The Morgan fingerprint density at radius 2 is 2.31 bits per heavy atom. The van der Waals surface area contributed by atoms with Crippen molar-refractivity contribution in [1.29, 1.82) is 0 Å². The maximum Gasteiger partial charge on any atom is 0.364 e. The number of ether oxygens (including phenoxy) is 2. The maximum absolute atomic E-state index is 11.0. The molecule has 0 amide bonds. The third kappa shape index (κ3) is 2.52. The fraction of sp³-hybridized carbons (Fsp3) is 0.700. The Bertz CT molecular complexity index is 293. The van der Waals surface area contributed by atoms with E-state index in [9.17, 15) is 9.90 Å². The Morgan fingerprint density at radius 1 is 1.69 bits per heavy atom. The van der Waals surface area contributed by atoms with Crippen molar-refractivity contribution in [2.75, 3.05) is 13.7 Å². The van der Waals surface area contributed by atoms with Gasteiger partial charge in [-0.05, 0) is 6.92 Å². The number of carboxylic acids is 1. The van der Waals surface area contributed by atoms with Gasteiger partial charge < -0.3 is 25.0 Å². The van der Waals surface area contributed by atoms with Gasteiger partial charge in [0.25, 0.3) is 5.79 Å². The maximum atomic E-state index is 11.0. The largest absolute Gasteiger partial charge is 0.477 e. The Balaban J connectivity index is 2.69. The summed E-state index contributed by atoms with van der Waals surface area (Å²) in [5, 5.41) is 21.7. The van der Waals surface area contributed by atoms with Crippen molar-refractivity contribution in [2.45, 2.75) is 31.3 Å². The second-order valence-electron chi connectivity index (χ2n) is 3.88. The number of allylic oxidation sites excluding steroid dienone is 1. The van der Waals surface area contributed by atoms with Crippen molar-refractivity contribution in [2.24, 2.45) is 0 Å². The second-order valence-corrected chi connectivity index (χ2v) is 3.88. The molecule has 1 heterocycles. The molecular weight excluding hydrogens is 214 g/mol. The van der Waals surface area contributed by atoms with E-state index >= 15 is 0 Å². The molecule has 3 unspecified atom stereocenters. The van der Waals surface area contributed by atoms with Crippen molar-refractivity contribution < 1.29 is 24.5 Å². The lowest BCUT2D eigenvalue weighted by Gasteiger charge is -2.39. The summed E-state index contributed by atoms with van der Waals surface area (Å²) in [7, 11) is 1.24. The highest BCUT2D eigenvalue weighted by atomic mass is 16.7. The number of aliphatic hydroxyl groups is 1. The van der Waals surface area contributed by atoms with Crippen LogP contribution in [0.15, 0.2) is 12.3 Å². The van der Waals surface area contributed by atoms with E-state index in [1.165, 1.54) is 7.11 Å². The van der Waals surface area contributed by atoms with Crippen LogP contribution in [0.25, 0.3) is 0 Å². The molecule has 92 valence electrons. The van der Waals surface area contributed by atoms with Crippen molar-refractivity contribution in [3.05, 3.63) is 12.3 Å². The van der Waals surface area contributed by atoms with E-state index < -0.39 is 17.9 Å². The van der Waals surface area contributed by atoms with Crippen LogP contribution in [0.5, 0.6) is 0 Å². The number of nitrogens with one attached hydrogen (secondary N) is 1. The molecule has 1 fully saturated rings. The molecule has 1 saturated heterocycles. The number of methoxy groups -OCH3 is 1. The Kier molecular flexibility index (Phi) is 3.90. The van der Waals surface area contributed by atoms with Crippen LogP contribution in [0, 0.1) is 0 Å². The first-order valence-corrected chi connectivity index (χ1v) is 4.94. The summed E-state index contributed by atoms with van der Waals surface area (Å²) in [5.74, 6) is -2.98. The van der Waals surface area contributed by atoms with E-state index in [0.29, 0.717) is 5.70 Å². The van der Waals surface area contributed by atoms with E-state index in [-0.39, 0.29) is 19.1 Å². The van der Waals surface area contributed by atoms with Crippen LogP contribution in [0.1, 0.15) is 13.3 Å². The minimum atomic E-state index is -1.74. The molecule has 3 atom stereocenters. The molecule has 0 aromatic rings. The number of carboxylic acid groups (broad SMARTS) is 1. The minimum Gasteiger partial charge on any atom is -0.477 e. The zero-order valence-corrected chi connectivity index (χ0v) is 9.40. The van der Waals surface area contributed by atoms with Gasteiger partial charge in [-0.15, -0.1) is 0 Å². The number of rotatable bonds is 4. The third-order valence-corrected chi connectivity index (χ3v) is 2.53. The molecule has 1 aliphatic rings. The third-order valence-electron chi connectivity index (χ3n) is 2.53. The van der Waals surface area contributed by atoms with Gasteiger partial charge in [0.1, 0.15) is 0 Å². The Labute approximate surface area is 93.9 Å². The lowest BCUT2D eigenvalue weighted by atomic mass is 9.98. The van der Waals surface area contributed by atoms with Gasteiger partial charge in [0.05, 0.1) is 18.8 Å². The van der Waals surface area contributed by atoms with Gasteiger partial charge >= 0.3 is 5.97 Å². The first-order valence-electron chi connectivity index (χ1n) is 4.94. The molecule has 0 bridgehead atoms. The van der Waals surface area contributed by atoms with E-state index in [2.05, 4.69) is 11.9 Å². The summed E-state index contributed by atoms with van der Waals surface area (Å²) >= 11 is 0. The number of aliphatic carboxylic acids is 1. The molecule has 0 aromatic carbocycles. The fourth-order valence-corrected chi connectivity index (χ4v) is 1.64. The minimum absolute atomic E-state index is 0.0498. The van der Waals surface area contributed by atoms with Gasteiger partial charge in [-0.1, -0.05) is 6.58 Å². The molecule has 0 aromatic heterocycles. The lowest BCUT2D eigenvalue weighted by Crippen LogP contribution is -2.58. The van der Waals surface area contributed by atoms with Crippen LogP contribution in [-0.4, -0.2) is 47.8 Å². The average Bonchev–Trinajstić information content (AvgIpc) is 2.20. The van der Waals surface area contributed by atoms with Crippen molar-refractivity contribution in [3.8, 4) is 0 Å². The average molecular weight is 231 g/mol. The summed E-state index contributed by atoms with van der Waals surface area (Å²) in [6.45, 7) is 5.45. The molecule has 0 saturated carbocycles. The number of hydrogen-bond donors (Lipinski definition) is 3. The molecule has 16 heavy (non-hydrogen) atoms. The number of aliphatic hydroxyl groups excluding tert-OH is 1. The second kappa shape index (κ2) is 4.82. The summed E-state index contributed by atoms with van der Waals surface area (Å²) < 4.78 is 10.0. The zero-order chi connectivity index (χ0) is 12.3. The van der Waals surface area contributed by atoms with Gasteiger partial charge in [-0.3, -0.25) is 0 Å². The Hall–Kier alpha value is -1.11. The van der Waals surface area contributed by atoms with Crippen molar-refractivity contribution in [3.63, 3.8) is 0 Å². The molecule has 6 heteroatoms. The van der Waals surface area contributed by atoms with Crippen LogP contribution < -0.4 is 5.32 Å². The smallest absolute Gasteiger partial charge is 0.364 e. The van der Waals surface area contributed by atoms with Gasteiger partial charge in [-0.2, -0.15) is 0 Å². The number of carbonyl (C=O) groups is 1. The highest BCUT2D eigenvalue weighted by molar-refractivity contribution is 5.75. The van der Waals surface area contributed by atoms with Crippen LogP contribution in [0.3, 0.4) is 0 Å². The standard InChI is InChI=1S/C10H17NO5/c1-6(2)11-7-5-16-10(15-3,9(13)14)4-8(7)12/h7-8,11-12H,1,4-5H2,2-3H3,(H,13,14). The lowest BCUT2D eigenvalue weighted by molar-refractivity contribution is -0.264. The molecular formula is C10H17NO5. The first kappa shape index (κ1) is 13.0. The normalized spacial score (nSPS) is 34.4. The van der Waals surface area contributed by atoms with E-state index in [0.717, 1.165) is 0 Å². The zero-order valence-electron chi connectivity index (χ0n) is 9.40. The van der Waals surface area contributed by atoms with Gasteiger partial charge in [0, 0.05) is 19.2 Å². The monoisotopic (exact) mass is 231 g/mol. The first-order chi connectivity index (χ1) is 7.41. The highest BCUT2D eigenvalue weighted by Crippen LogP contribution is 2.26. The molecule has 0 aliphatic carbocycles. The molecule has 3 N–H and O–H groups in total. The van der Waals surface area contributed by atoms with E-state index in [4.69, 9.17) is 14.6 Å². The molecule has 0 radical (unpaired) electrons. The number of hydrogen-bond acceptors (Lipinski definition) is 5. The van der Waals surface area contributed by atoms with Gasteiger partial charge in [0.2, 0.25) is 0 Å². The molecule has 0 spiro atoms. The van der Waals surface area contributed by atoms with Crippen LogP contribution >= 0.6 is 0 Å². The van der Waals surface area contributed by atoms with Crippen LogP contribution in [0.4, 0.5) is 0 Å². The van der Waals surface area contributed by atoms with Crippen LogP contribution in [0.2, 0.25) is 0 Å². The summed E-state index contributed by atoms with van der Waals surface area (Å²) in [4.78, 5) is 11.0. The topological polar surface area (TPSA) is 88.0 Å². The summed E-state index contributed by atoms with van der Waals surface area (Å²) in [6.07, 6.45) is -0.981. The molecule has 1 aliphatic heterocycles. The van der Waals surface area contributed by atoms with Crippen molar-refractivity contribution >= 4 is 5.97 Å².